The highest BCUT2D eigenvalue weighted by atomic mass is 127. The Hall–Kier alpha value is -0.800. The zero-order chi connectivity index (χ0) is 18.4. The van der Waals surface area contributed by atoms with Crippen molar-refractivity contribution in [3.8, 4) is 0 Å². The van der Waals surface area contributed by atoms with E-state index in [1.165, 1.54) is 0 Å². The Bertz CT molecular complexity index is 756. The van der Waals surface area contributed by atoms with Crippen LogP contribution in [0.2, 0.25) is 0 Å². The number of hydrogen-bond acceptors (Lipinski definition) is 2. The highest BCUT2D eigenvalue weighted by Gasteiger charge is 2.34. The predicted molar refractivity (Wildman–Crippen MR) is 117 cm³/mol. The molecule has 0 aliphatic heterocycles. The molecule has 0 spiro atoms. The van der Waals surface area contributed by atoms with Gasteiger partial charge in [0.1, 0.15) is 6.17 Å². The second kappa shape index (κ2) is 9.23. The van der Waals surface area contributed by atoms with Crippen LogP contribution in [0, 0.1) is 3.57 Å². The monoisotopic (exact) mass is 527 g/mol. The molecule has 1 amide bonds. The minimum absolute atomic E-state index is 0.216. The van der Waals surface area contributed by atoms with Crippen LogP contribution in [0.4, 0.5) is 5.69 Å². The predicted octanol–water partition coefficient (Wildman–Crippen LogP) is 4.70. The van der Waals surface area contributed by atoms with Crippen LogP contribution in [-0.4, -0.2) is 21.0 Å². The Kier molecular flexibility index (Phi) is 7.57. The summed E-state index contributed by atoms with van der Waals surface area (Å²) in [4.78, 5) is 12.3. The Balaban J connectivity index is 2.06. The summed E-state index contributed by atoms with van der Waals surface area (Å²) in [5.41, 5.74) is 1.25. The van der Waals surface area contributed by atoms with Crippen molar-refractivity contribution in [1.82, 2.24) is 10.6 Å². The summed E-state index contributed by atoms with van der Waals surface area (Å²) >= 11 is 25.4. The number of hydrogen-bond donors (Lipinski definition) is 3. The first-order valence-electron chi connectivity index (χ1n) is 7.02. The third-order valence-electron chi connectivity index (χ3n) is 3.04. The molecule has 0 aliphatic carbocycles. The topological polar surface area (TPSA) is 53.2 Å². The highest BCUT2D eigenvalue weighted by Crippen LogP contribution is 2.29. The third-order valence-corrected chi connectivity index (χ3v) is 4.85. The van der Waals surface area contributed by atoms with E-state index in [0.717, 1.165) is 9.26 Å². The lowest BCUT2D eigenvalue weighted by Gasteiger charge is -2.28. The van der Waals surface area contributed by atoms with E-state index in [1.807, 2.05) is 30.3 Å². The molecule has 0 aliphatic rings. The zero-order valence-electron chi connectivity index (χ0n) is 12.6. The van der Waals surface area contributed by atoms with Gasteiger partial charge in [-0.3, -0.25) is 4.79 Å². The summed E-state index contributed by atoms with van der Waals surface area (Å²) in [6.07, 6.45) is -1.02. The van der Waals surface area contributed by atoms with Crippen LogP contribution in [-0.2, 0) is 0 Å². The summed E-state index contributed by atoms with van der Waals surface area (Å²) in [6, 6.07) is 16.2. The van der Waals surface area contributed by atoms with Crippen molar-refractivity contribution in [2.45, 2.75) is 9.96 Å². The van der Waals surface area contributed by atoms with Gasteiger partial charge in [0.25, 0.3) is 5.91 Å². The van der Waals surface area contributed by atoms with Crippen LogP contribution in [0.3, 0.4) is 0 Å². The Morgan fingerprint density at radius 2 is 1.60 bits per heavy atom. The molecular formula is C16H13Cl3IN3OS. The molecule has 0 saturated carbocycles. The number of carbonyl (C=O) groups is 1. The molecule has 0 saturated heterocycles. The second-order valence-electron chi connectivity index (χ2n) is 4.89. The molecule has 0 radical (unpaired) electrons. The molecule has 132 valence electrons. The maximum Gasteiger partial charge on any atom is 0.252 e. The summed E-state index contributed by atoms with van der Waals surface area (Å²) in [7, 11) is 0. The largest absolute Gasteiger partial charge is 0.339 e. The van der Waals surface area contributed by atoms with Gasteiger partial charge in [0.2, 0.25) is 3.79 Å². The molecule has 1 atom stereocenters. The van der Waals surface area contributed by atoms with Gasteiger partial charge in [0, 0.05) is 9.13 Å². The van der Waals surface area contributed by atoms with Gasteiger partial charge in [-0.25, -0.2) is 0 Å². The molecule has 1 unspecified atom stereocenters. The Morgan fingerprint density at radius 1 is 1.00 bits per heavy atom. The van der Waals surface area contributed by atoms with Crippen molar-refractivity contribution in [1.29, 1.82) is 0 Å². The Labute approximate surface area is 179 Å². The van der Waals surface area contributed by atoms with Gasteiger partial charge in [-0.1, -0.05) is 65.1 Å². The number of thiocarbonyl (C=S) groups is 1. The summed E-state index contributed by atoms with van der Waals surface area (Å²) in [5.74, 6) is -0.387. The van der Waals surface area contributed by atoms with Crippen molar-refractivity contribution < 1.29 is 4.79 Å². The zero-order valence-corrected chi connectivity index (χ0v) is 17.8. The lowest BCUT2D eigenvalue weighted by atomic mass is 10.2. The van der Waals surface area contributed by atoms with Gasteiger partial charge < -0.3 is 16.0 Å². The summed E-state index contributed by atoms with van der Waals surface area (Å²) in [5, 5.41) is 8.68. The highest BCUT2D eigenvalue weighted by molar-refractivity contribution is 14.1. The maximum absolute atomic E-state index is 12.3. The van der Waals surface area contributed by atoms with Crippen molar-refractivity contribution in [3.05, 3.63) is 63.7 Å². The van der Waals surface area contributed by atoms with Crippen molar-refractivity contribution >= 4 is 86.3 Å². The van der Waals surface area contributed by atoms with Crippen molar-refractivity contribution in [2.75, 3.05) is 5.32 Å². The quantitative estimate of drug-likeness (QED) is 0.233. The molecule has 2 rings (SSSR count). The number of alkyl halides is 3. The van der Waals surface area contributed by atoms with Crippen LogP contribution in [0.15, 0.2) is 54.6 Å². The molecule has 0 fully saturated rings. The van der Waals surface area contributed by atoms with Crippen LogP contribution in [0.1, 0.15) is 10.4 Å². The van der Waals surface area contributed by atoms with Gasteiger partial charge in [-0.2, -0.15) is 0 Å². The number of nitrogens with one attached hydrogen (secondary N) is 3. The van der Waals surface area contributed by atoms with Crippen molar-refractivity contribution in [2.24, 2.45) is 0 Å². The fraction of sp³-hybridized carbons (Fsp3) is 0.125. The molecule has 3 N–H and O–H groups in total. The van der Waals surface area contributed by atoms with E-state index in [-0.39, 0.29) is 11.0 Å². The van der Waals surface area contributed by atoms with Crippen LogP contribution >= 0.6 is 69.6 Å². The molecule has 25 heavy (non-hydrogen) atoms. The average molecular weight is 529 g/mol. The number of carbonyl (C=O) groups excluding carboxylic acids is 1. The van der Waals surface area contributed by atoms with E-state index in [9.17, 15) is 4.79 Å². The standard InChI is InChI=1S/C16H13Cl3IN3OS/c17-16(18,19)14(22-13(24)10-6-2-1-3-7-10)23-15(25)21-12-9-5-4-8-11(12)20/h1-9,14H,(H,22,24)(H2,21,23,25). The van der Waals surface area contributed by atoms with E-state index in [0.29, 0.717) is 5.56 Å². The van der Waals surface area contributed by atoms with E-state index >= 15 is 0 Å². The van der Waals surface area contributed by atoms with Gasteiger partial charge in [-0.15, -0.1) is 0 Å². The first-order chi connectivity index (χ1) is 11.8. The minimum Gasteiger partial charge on any atom is -0.339 e. The lowest BCUT2D eigenvalue weighted by molar-refractivity contribution is 0.0934. The summed E-state index contributed by atoms with van der Waals surface area (Å²) in [6.45, 7) is 0. The maximum atomic E-state index is 12.3. The average Bonchev–Trinajstić information content (AvgIpc) is 2.56. The number of para-hydroxylation sites is 1. The van der Waals surface area contributed by atoms with Gasteiger partial charge in [0.15, 0.2) is 5.11 Å². The molecule has 0 aromatic heterocycles. The molecular weight excluding hydrogens is 516 g/mol. The first-order valence-corrected chi connectivity index (χ1v) is 9.64. The number of amides is 1. The first kappa shape index (κ1) is 20.5. The van der Waals surface area contributed by atoms with E-state index in [4.69, 9.17) is 47.0 Å². The van der Waals surface area contributed by atoms with Crippen LogP contribution < -0.4 is 16.0 Å². The van der Waals surface area contributed by atoms with Gasteiger partial charge >= 0.3 is 0 Å². The van der Waals surface area contributed by atoms with Crippen molar-refractivity contribution in [3.63, 3.8) is 0 Å². The Morgan fingerprint density at radius 3 is 2.20 bits per heavy atom. The minimum atomic E-state index is -1.81. The molecule has 0 heterocycles. The number of rotatable bonds is 4. The molecule has 9 heteroatoms. The van der Waals surface area contributed by atoms with Crippen LogP contribution in [0.5, 0.6) is 0 Å². The van der Waals surface area contributed by atoms with E-state index < -0.39 is 9.96 Å². The van der Waals surface area contributed by atoms with Gasteiger partial charge in [-0.05, 0) is 59.1 Å². The van der Waals surface area contributed by atoms with Gasteiger partial charge in [0.05, 0.1) is 5.69 Å². The normalized spacial score (nSPS) is 12.2. The smallest absolute Gasteiger partial charge is 0.252 e. The molecule has 4 nitrogen and oxygen atoms in total. The van der Waals surface area contributed by atoms with E-state index in [1.54, 1.807) is 24.3 Å². The number of benzene rings is 2. The van der Waals surface area contributed by atoms with E-state index in [2.05, 4.69) is 38.5 Å². The second-order valence-corrected chi connectivity index (χ2v) is 8.83. The number of anilines is 1. The SMILES string of the molecule is O=C(NC(NC(=S)Nc1ccccc1I)C(Cl)(Cl)Cl)c1ccccc1. The molecule has 2 aromatic rings. The fourth-order valence-corrected chi connectivity index (χ4v) is 2.93. The number of halogens is 4. The lowest BCUT2D eigenvalue weighted by Crippen LogP contribution is -2.56. The fourth-order valence-electron chi connectivity index (χ4n) is 1.86. The van der Waals surface area contributed by atoms with Crippen LogP contribution in [0.25, 0.3) is 0 Å². The summed E-state index contributed by atoms with van der Waals surface area (Å²) < 4.78 is -0.831. The molecule has 2 aromatic carbocycles. The molecule has 0 bridgehead atoms. The third kappa shape index (κ3) is 6.45.